The number of aliphatic hydroxyl groups excluding tert-OH is 1. The van der Waals surface area contributed by atoms with E-state index in [1.54, 1.807) is 18.2 Å². The van der Waals surface area contributed by atoms with Crippen molar-refractivity contribution >= 4 is 11.6 Å². The summed E-state index contributed by atoms with van der Waals surface area (Å²) in [6.07, 6.45) is 4.18. The van der Waals surface area contributed by atoms with E-state index in [4.69, 9.17) is 13.9 Å². The molecule has 174 valence electrons. The number of anilines is 1. The molecule has 9 nitrogen and oxygen atoms in total. The Hall–Kier alpha value is -2.62. The van der Waals surface area contributed by atoms with Crippen LogP contribution in [0.1, 0.15) is 42.6 Å². The highest BCUT2D eigenvalue weighted by Crippen LogP contribution is 2.32. The number of piperazine rings is 1. The van der Waals surface area contributed by atoms with Crippen LogP contribution < -0.4 is 14.8 Å². The number of nitrogens with zero attached hydrogens (tertiary/aromatic N) is 3. The molecule has 2 N–H and O–H groups in total. The van der Waals surface area contributed by atoms with Gasteiger partial charge >= 0.3 is 0 Å². The highest BCUT2D eigenvalue weighted by atomic mass is 16.6. The summed E-state index contributed by atoms with van der Waals surface area (Å²) in [6, 6.07) is 5.29. The molecule has 0 aliphatic carbocycles. The van der Waals surface area contributed by atoms with Crippen molar-refractivity contribution in [2.45, 2.75) is 38.8 Å². The van der Waals surface area contributed by atoms with Gasteiger partial charge in [0.1, 0.15) is 19.5 Å². The van der Waals surface area contributed by atoms with Crippen LogP contribution in [0.25, 0.3) is 0 Å². The molecule has 9 heteroatoms. The summed E-state index contributed by atoms with van der Waals surface area (Å²) >= 11 is 0. The van der Waals surface area contributed by atoms with Crippen molar-refractivity contribution in [2.75, 3.05) is 51.3 Å². The highest BCUT2D eigenvalue weighted by molar-refractivity contribution is 6.02. The second kappa shape index (κ2) is 10.8. The second-order valence-corrected chi connectivity index (χ2v) is 8.31. The Labute approximate surface area is 188 Å². The minimum absolute atomic E-state index is 0.243. The van der Waals surface area contributed by atoms with Gasteiger partial charge in [0.2, 0.25) is 5.89 Å². The van der Waals surface area contributed by atoms with Crippen LogP contribution in [0.15, 0.2) is 28.9 Å². The first kappa shape index (κ1) is 22.6. The monoisotopic (exact) mass is 444 g/mol. The summed E-state index contributed by atoms with van der Waals surface area (Å²) in [5.74, 6) is 1.48. The molecule has 1 aromatic carbocycles. The number of rotatable bonds is 9. The van der Waals surface area contributed by atoms with Gasteiger partial charge in [-0.25, -0.2) is 4.98 Å². The number of ether oxygens (including phenoxy) is 2. The van der Waals surface area contributed by atoms with Gasteiger partial charge in [0, 0.05) is 44.5 Å². The maximum absolute atomic E-state index is 12.6. The third kappa shape index (κ3) is 5.99. The van der Waals surface area contributed by atoms with Crippen LogP contribution in [0.2, 0.25) is 0 Å². The third-order valence-electron chi connectivity index (χ3n) is 5.77. The Morgan fingerprint density at radius 3 is 2.69 bits per heavy atom. The van der Waals surface area contributed by atoms with Gasteiger partial charge in [-0.2, -0.15) is 0 Å². The molecule has 0 saturated carbocycles. The fourth-order valence-corrected chi connectivity index (χ4v) is 3.95. The number of nitrogens with one attached hydrogen (secondary N) is 1. The zero-order valence-corrected chi connectivity index (χ0v) is 18.6. The van der Waals surface area contributed by atoms with E-state index in [0.717, 1.165) is 52.0 Å². The van der Waals surface area contributed by atoms with Crippen molar-refractivity contribution in [3.63, 3.8) is 0 Å². The number of fused-ring (bicyclic) bond motifs is 1. The summed E-state index contributed by atoms with van der Waals surface area (Å²) < 4.78 is 16.6. The van der Waals surface area contributed by atoms with Gasteiger partial charge in [0.05, 0.1) is 12.6 Å². The third-order valence-corrected chi connectivity index (χ3v) is 5.77. The molecule has 1 aromatic heterocycles. The zero-order chi connectivity index (χ0) is 22.3. The first-order valence-corrected chi connectivity index (χ1v) is 11.4. The minimum atomic E-state index is -0.331. The van der Waals surface area contributed by atoms with Gasteiger partial charge in [-0.1, -0.05) is 19.8 Å². The summed E-state index contributed by atoms with van der Waals surface area (Å²) in [4.78, 5) is 21.5. The molecule has 2 aliphatic rings. The van der Waals surface area contributed by atoms with E-state index < -0.39 is 0 Å². The number of unbranched alkanes of at least 4 members (excludes halogenated alkanes) is 1. The molecule has 0 radical (unpaired) electrons. The van der Waals surface area contributed by atoms with E-state index >= 15 is 0 Å². The predicted octanol–water partition coefficient (Wildman–Crippen LogP) is 2.37. The summed E-state index contributed by atoms with van der Waals surface area (Å²) in [7, 11) is 0. The van der Waals surface area contributed by atoms with Gasteiger partial charge in [-0.15, -0.1) is 0 Å². The van der Waals surface area contributed by atoms with Crippen LogP contribution in [0.4, 0.5) is 5.69 Å². The van der Waals surface area contributed by atoms with Crippen LogP contribution in [-0.2, 0) is 6.54 Å². The predicted molar refractivity (Wildman–Crippen MR) is 119 cm³/mol. The Morgan fingerprint density at radius 1 is 1.16 bits per heavy atom. The van der Waals surface area contributed by atoms with Gasteiger partial charge in [0.25, 0.3) is 5.91 Å². The van der Waals surface area contributed by atoms with Crippen LogP contribution in [0, 0.1) is 0 Å². The van der Waals surface area contributed by atoms with Crippen LogP contribution in [-0.4, -0.2) is 77.8 Å². The topological polar surface area (TPSA) is 100 Å². The van der Waals surface area contributed by atoms with Crippen LogP contribution in [0.3, 0.4) is 0 Å². The van der Waals surface area contributed by atoms with E-state index in [2.05, 4.69) is 27.0 Å². The molecule has 2 aromatic rings. The number of benzene rings is 1. The molecule has 32 heavy (non-hydrogen) atoms. The van der Waals surface area contributed by atoms with Crippen molar-refractivity contribution in [2.24, 2.45) is 0 Å². The quantitative estimate of drug-likeness (QED) is 0.608. The Morgan fingerprint density at radius 2 is 1.91 bits per heavy atom. The first-order chi connectivity index (χ1) is 15.6. The molecule has 0 spiro atoms. The fourth-order valence-electron chi connectivity index (χ4n) is 3.95. The summed E-state index contributed by atoms with van der Waals surface area (Å²) in [6.45, 7) is 8.01. The number of hydrogen-bond donors (Lipinski definition) is 2. The molecule has 1 amide bonds. The largest absolute Gasteiger partial charge is 0.486 e. The van der Waals surface area contributed by atoms with E-state index in [0.29, 0.717) is 42.8 Å². The Balaban J connectivity index is 1.24. The molecule has 1 unspecified atom stereocenters. The average molecular weight is 445 g/mol. The lowest BCUT2D eigenvalue weighted by Gasteiger charge is -2.35. The fraction of sp³-hybridized carbons (Fsp3) is 0.565. The lowest BCUT2D eigenvalue weighted by Crippen LogP contribution is -2.48. The zero-order valence-electron chi connectivity index (χ0n) is 18.6. The number of carbonyl (C=O) groups excluding carboxylic acids is 1. The number of aliphatic hydroxyl groups is 1. The molecular weight excluding hydrogens is 412 g/mol. The number of carbonyl (C=O) groups is 1. The van der Waals surface area contributed by atoms with Crippen LogP contribution in [0.5, 0.6) is 11.5 Å². The van der Waals surface area contributed by atoms with E-state index in [9.17, 15) is 9.90 Å². The van der Waals surface area contributed by atoms with E-state index in [1.807, 2.05) is 0 Å². The molecule has 1 atom stereocenters. The minimum Gasteiger partial charge on any atom is -0.486 e. The molecule has 3 heterocycles. The second-order valence-electron chi connectivity index (χ2n) is 8.31. The number of hydrogen-bond acceptors (Lipinski definition) is 8. The maximum atomic E-state index is 12.6. The van der Waals surface area contributed by atoms with Crippen molar-refractivity contribution in [1.82, 2.24) is 14.8 Å². The standard InChI is InChI=1S/C23H32N4O5/c1-2-3-4-18(28)14-26-7-9-27(10-8-26)15-22-25-19(16-32-22)23(29)24-17-5-6-20-21(13-17)31-12-11-30-20/h5-6,13,16,18,28H,2-4,7-12,14-15H2,1H3,(H,24,29). The van der Waals surface area contributed by atoms with Gasteiger partial charge < -0.3 is 24.3 Å². The van der Waals surface area contributed by atoms with Crippen molar-refractivity contribution in [3.8, 4) is 11.5 Å². The van der Waals surface area contributed by atoms with Crippen molar-refractivity contribution in [3.05, 3.63) is 36.0 Å². The van der Waals surface area contributed by atoms with E-state index in [1.165, 1.54) is 6.26 Å². The smallest absolute Gasteiger partial charge is 0.277 e. The van der Waals surface area contributed by atoms with Crippen LogP contribution >= 0.6 is 0 Å². The summed E-state index contributed by atoms with van der Waals surface area (Å²) in [5.41, 5.74) is 0.855. The molecule has 2 aliphatic heterocycles. The number of aromatic nitrogens is 1. The molecular formula is C23H32N4O5. The van der Waals surface area contributed by atoms with Gasteiger partial charge in [-0.05, 0) is 18.6 Å². The van der Waals surface area contributed by atoms with Crippen molar-refractivity contribution in [1.29, 1.82) is 0 Å². The molecule has 1 fully saturated rings. The van der Waals surface area contributed by atoms with Crippen molar-refractivity contribution < 1.29 is 23.8 Å². The normalized spacial score (nSPS) is 17.8. The number of amides is 1. The summed E-state index contributed by atoms with van der Waals surface area (Å²) in [5, 5.41) is 12.9. The molecule has 0 bridgehead atoms. The SMILES string of the molecule is CCCCC(O)CN1CCN(Cc2nc(C(=O)Nc3ccc4c(c3)OCCO4)co2)CC1. The lowest BCUT2D eigenvalue weighted by molar-refractivity contribution is 0.0627. The van der Waals surface area contributed by atoms with E-state index in [-0.39, 0.29) is 17.7 Å². The first-order valence-electron chi connectivity index (χ1n) is 11.4. The Bertz CT molecular complexity index is 894. The van der Waals surface area contributed by atoms with Gasteiger partial charge in [-0.3, -0.25) is 14.6 Å². The number of oxazole rings is 1. The maximum Gasteiger partial charge on any atom is 0.277 e. The Kier molecular flexibility index (Phi) is 7.62. The molecule has 4 rings (SSSR count). The number of β-amino-alcohol motifs (C(OH)–C–C–N with tert-alkyl or cyclic N) is 1. The van der Waals surface area contributed by atoms with Gasteiger partial charge in [0.15, 0.2) is 17.2 Å². The highest BCUT2D eigenvalue weighted by Gasteiger charge is 2.21. The average Bonchev–Trinajstić information content (AvgIpc) is 3.27. The molecule has 1 saturated heterocycles. The lowest BCUT2D eigenvalue weighted by atomic mass is 10.1.